The minimum atomic E-state index is -4.43. The molecular formula is C13H15F3N2S. The molecule has 0 unspecified atom stereocenters. The molecule has 0 aromatic heterocycles. The van der Waals surface area contributed by atoms with E-state index in [1.54, 1.807) is 0 Å². The fourth-order valence-corrected chi connectivity index (χ4v) is 2.50. The lowest BCUT2D eigenvalue weighted by Gasteiger charge is -2.29. The highest BCUT2D eigenvalue weighted by Crippen LogP contribution is 2.34. The molecule has 1 saturated heterocycles. The zero-order valence-corrected chi connectivity index (χ0v) is 11.2. The second-order valence-corrected chi connectivity index (χ2v) is 5.08. The number of anilines is 1. The highest BCUT2D eigenvalue weighted by molar-refractivity contribution is 7.80. The van der Waals surface area contributed by atoms with Gasteiger partial charge >= 0.3 is 6.18 Å². The average Bonchev–Trinajstić information content (AvgIpc) is 2.38. The number of piperidine rings is 1. The molecule has 0 atom stereocenters. The van der Waals surface area contributed by atoms with E-state index < -0.39 is 11.7 Å². The van der Waals surface area contributed by atoms with Gasteiger partial charge in [-0.3, -0.25) is 0 Å². The van der Waals surface area contributed by atoms with Crippen molar-refractivity contribution in [2.75, 3.05) is 18.0 Å². The van der Waals surface area contributed by atoms with Gasteiger partial charge in [-0.15, -0.1) is 0 Å². The SMILES string of the molecule is NC(=S)c1cc(N2CCCCC2)ccc1C(F)(F)F. The minimum Gasteiger partial charge on any atom is -0.389 e. The Morgan fingerprint density at radius 2 is 1.79 bits per heavy atom. The van der Waals surface area contributed by atoms with Crippen molar-refractivity contribution in [2.24, 2.45) is 5.73 Å². The van der Waals surface area contributed by atoms with Gasteiger partial charge in [0.05, 0.1) is 5.56 Å². The summed E-state index contributed by atoms with van der Waals surface area (Å²) in [5.41, 5.74) is 5.33. The van der Waals surface area contributed by atoms with Crippen LogP contribution in [-0.4, -0.2) is 18.1 Å². The van der Waals surface area contributed by atoms with Crippen molar-refractivity contribution in [1.82, 2.24) is 0 Å². The zero-order valence-electron chi connectivity index (χ0n) is 10.3. The van der Waals surface area contributed by atoms with Crippen molar-refractivity contribution < 1.29 is 13.2 Å². The number of nitrogens with two attached hydrogens (primary N) is 1. The van der Waals surface area contributed by atoms with Crippen molar-refractivity contribution in [2.45, 2.75) is 25.4 Å². The average molecular weight is 288 g/mol. The zero-order chi connectivity index (χ0) is 14.0. The predicted octanol–water partition coefficient (Wildman–Crippen LogP) is 3.33. The molecule has 0 bridgehead atoms. The van der Waals surface area contributed by atoms with Crippen molar-refractivity contribution in [3.8, 4) is 0 Å². The van der Waals surface area contributed by atoms with Gasteiger partial charge in [0, 0.05) is 24.3 Å². The van der Waals surface area contributed by atoms with E-state index in [9.17, 15) is 13.2 Å². The van der Waals surface area contributed by atoms with Crippen LogP contribution in [0.25, 0.3) is 0 Å². The predicted molar refractivity (Wildman–Crippen MR) is 73.4 cm³/mol. The van der Waals surface area contributed by atoms with Gasteiger partial charge < -0.3 is 10.6 Å². The number of hydrogen-bond donors (Lipinski definition) is 1. The topological polar surface area (TPSA) is 29.3 Å². The van der Waals surface area contributed by atoms with Gasteiger partial charge in [0.1, 0.15) is 4.99 Å². The largest absolute Gasteiger partial charge is 0.417 e. The van der Waals surface area contributed by atoms with Crippen molar-refractivity contribution in [3.63, 3.8) is 0 Å². The molecule has 19 heavy (non-hydrogen) atoms. The maximum Gasteiger partial charge on any atom is 0.417 e. The fraction of sp³-hybridized carbons (Fsp3) is 0.462. The maximum absolute atomic E-state index is 12.9. The van der Waals surface area contributed by atoms with E-state index in [1.807, 2.05) is 0 Å². The molecule has 1 aromatic rings. The summed E-state index contributed by atoms with van der Waals surface area (Å²) in [5, 5.41) is 0. The Kier molecular flexibility index (Phi) is 3.99. The quantitative estimate of drug-likeness (QED) is 0.846. The van der Waals surface area contributed by atoms with Gasteiger partial charge in [-0.05, 0) is 37.5 Å². The number of halogens is 3. The maximum atomic E-state index is 12.9. The summed E-state index contributed by atoms with van der Waals surface area (Å²) in [6.45, 7) is 1.73. The van der Waals surface area contributed by atoms with Crippen molar-refractivity contribution in [3.05, 3.63) is 29.3 Å². The van der Waals surface area contributed by atoms with Crippen LogP contribution in [0.15, 0.2) is 18.2 Å². The summed E-state index contributed by atoms with van der Waals surface area (Å²) >= 11 is 4.74. The molecule has 0 saturated carbocycles. The van der Waals surface area contributed by atoms with E-state index >= 15 is 0 Å². The Balaban J connectivity index is 2.38. The molecule has 1 heterocycles. The smallest absolute Gasteiger partial charge is 0.389 e. The monoisotopic (exact) mass is 288 g/mol. The standard InChI is InChI=1S/C13H15F3N2S/c14-13(15,16)11-5-4-9(8-10(11)12(17)19)18-6-2-1-3-7-18/h4-5,8H,1-3,6-7H2,(H2,17,19). The van der Waals surface area contributed by atoms with E-state index in [-0.39, 0.29) is 10.6 Å². The molecular weight excluding hydrogens is 273 g/mol. The first-order valence-electron chi connectivity index (χ1n) is 6.15. The third kappa shape index (κ3) is 3.18. The Bertz CT molecular complexity index is 479. The molecule has 1 aliphatic heterocycles. The molecule has 0 amide bonds. The summed E-state index contributed by atoms with van der Waals surface area (Å²) in [5.74, 6) is 0. The Hall–Kier alpha value is -1.30. The van der Waals surface area contributed by atoms with Crippen molar-refractivity contribution in [1.29, 1.82) is 0 Å². The molecule has 0 radical (unpaired) electrons. The molecule has 6 heteroatoms. The lowest BCUT2D eigenvalue weighted by molar-refractivity contribution is -0.137. The molecule has 0 spiro atoms. The third-order valence-corrected chi connectivity index (χ3v) is 3.52. The van der Waals surface area contributed by atoms with Crippen LogP contribution in [0, 0.1) is 0 Å². The second-order valence-electron chi connectivity index (χ2n) is 4.64. The number of nitrogens with zero attached hydrogens (tertiary/aromatic N) is 1. The lowest BCUT2D eigenvalue weighted by atomic mass is 10.0. The van der Waals surface area contributed by atoms with Crippen LogP contribution >= 0.6 is 12.2 Å². The molecule has 1 aliphatic rings. The molecule has 2 rings (SSSR count). The van der Waals surface area contributed by atoms with Gasteiger partial charge in [-0.1, -0.05) is 12.2 Å². The first-order valence-corrected chi connectivity index (χ1v) is 6.56. The molecule has 104 valence electrons. The van der Waals surface area contributed by atoms with Crippen LogP contribution in [0.2, 0.25) is 0 Å². The van der Waals surface area contributed by atoms with Crippen LogP contribution in [0.1, 0.15) is 30.4 Å². The summed E-state index contributed by atoms with van der Waals surface area (Å²) < 4.78 is 38.6. The van der Waals surface area contributed by atoms with Gasteiger partial charge in [-0.25, -0.2) is 0 Å². The normalized spacial score (nSPS) is 16.5. The van der Waals surface area contributed by atoms with E-state index in [1.165, 1.54) is 18.6 Å². The van der Waals surface area contributed by atoms with Crippen LogP contribution < -0.4 is 10.6 Å². The van der Waals surface area contributed by atoms with E-state index in [4.69, 9.17) is 18.0 Å². The highest BCUT2D eigenvalue weighted by atomic mass is 32.1. The van der Waals surface area contributed by atoms with Gasteiger partial charge in [0.15, 0.2) is 0 Å². The number of hydrogen-bond acceptors (Lipinski definition) is 2. The Morgan fingerprint density at radius 3 is 2.32 bits per heavy atom. The lowest BCUT2D eigenvalue weighted by Crippen LogP contribution is -2.30. The Labute approximate surface area is 115 Å². The summed E-state index contributed by atoms with van der Waals surface area (Å²) in [7, 11) is 0. The Morgan fingerprint density at radius 1 is 1.16 bits per heavy atom. The third-order valence-electron chi connectivity index (χ3n) is 3.30. The first-order chi connectivity index (χ1) is 8.89. The van der Waals surface area contributed by atoms with Crippen LogP contribution in [-0.2, 0) is 6.18 Å². The summed E-state index contributed by atoms with van der Waals surface area (Å²) in [4.78, 5) is 1.86. The van der Waals surface area contributed by atoms with Gasteiger partial charge in [0.2, 0.25) is 0 Å². The van der Waals surface area contributed by atoms with Gasteiger partial charge in [-0.2, -0.15) is 13.2 Å². The molecule has 2 N–H and O–H groups in total. The first kappa shape index (κ1) is 14.1. The number of thiocarbonyl (C=S) groups is 1. The summed E-state index contributed by atoms with van der Waals surface area (Å²) in [6.07, 6.45) is -1.15. The number of rotatable bonds is 2. The van der Waals surface area contributed by atoms with E-state index in [0.717, 1.165) is 37.7 Å². The fourth-order valence-electron chi connectivity index (χ4n) is 2.33. The molecule has 0 aliphatic carbocycles. The van der Waals surface area contributed by atoms with Crippen LogP contribution in [0.3, 0.4) is 0 Å². The van der Waals surface area contributed by atoms with Crippen LogP contribution in [0.5, 0.6) is 0 Å². The van der Waals surface area contributed by atoms with E-state index in [0.29, 0.717) is 0 Å². The summed E-state index contributed by atoms with van der Waals surface area (Å²) in [6, 6.07) is 4.02. The second kappa shape index (κ2) is 5.36. The van der Waals surface area contributed by atoms with Crippen molar-refractivity contribution >= 4 is 22.9 Å². The molecule has 2 nitrogen and oxygen atoms in total. The minimum absolute atomic E-state index is 0.0921. The highest BCUT2D eigenvalue weighted by Gasteiger charge is 2.34. The number of alkyl halides is 3. The molecule has 1 aromatic carbocycles. The number of benzene rings is 1. The van der Waals surface area contributed by atoms with Crippen LogP contribution in [0.4, 0.5) is 18.9 Å². The van der Waals surface area contributed by atoms with Gasteiger partial charge in [0.25, 0.3) is 0 Å². The molecule has 1 fully saturated rings. The van der Waals surface area contributed by atoms with E-state index in [2.05, 4.69) is 4.90 Å².